The lowest BCUT2D eigenvalue weighted by Crippen LogP contribution is -2.14. The number of anilines is 1. The zero-order valence-electron chi connectivity index (χ0n) is 15.5. The average Bonchev–Trinajstić information content (AvgIpc) is 3.22. The quantitative estimate of drug-likeness (QED) is 0.552. The molecule has 0 aliphatic carbocycles. The molecule has 0 saturated carbocycles. The van der Waals surface area contributed by atoms with E-state index in [-0.39, 0.29) is 11.4 Å². The minimum Gasteiger partial charge on any atom is -0.497 e. The second kappa shape index (κ2) is 7.93. The lowest BCUT2D eigenvalue weighted by molar-refractivity contribution is 0.102. The summed E-state index contributed by atoms with van der Waals surface area (Å²) in [6.07, 6.45) is 3.36. The number of rotatable bonds is 5. The third-order valence-electron chi connectivity index (χ3n) is 4.34. The van der Waals surface area contributed by atoms with E-state index in [4.69, 9.17) is 4.74 Å². The third kappa shape index (κ3) is 3.84. The van der Waals surface area contributed by atoms with E-state index in [1.165, 1.54) is 12.1 Å². The van der Waals surface area contributed by atoms with Gasteiger partial charge in [0.05, 0.1) is 24.2 Å². The highest BCUT2D eigenvalue weighted by Crippen LogP contribution is 2.25. The number of hydrogen-bond acceptors (Lipinski definition) is 4. The predicted octanol–water partition coefficient (Wildman–Crippen LogP) is 4.33. The van der Waals surface area contributed by atoms with Crippen molar-refractivity contribution in [2.24, 2.45) is 0 Å². The molecule has 4 aromatic rings. The Morgan fingerprint density at radius 3 is 2.55 bits per heavy atom. The normalized spacial score (nSPS) is 10.6. The summed E-state index contributed by atoms with van der Waals surface area (Å²) in [5.41, 5.74) is 2.47. The van der Waals surface area contributed by atoms with Gasteiger partial charge in [-0.25, -0.2) is 9.07 Å². The highest BCUT2D eigenvalue weighted by molar-refractivity contribution is 6.03. The molecule has 0 bridgehead atoms. The average molecular weight is 388 g/mol. The van der Waals surface area contributed by atoms with Gasteiger partial charge in [0, 0.05) is 18.0 Å². The number of nitrogens with zero attached hydrogens (tertiary/aromatic N) is 3. The van der Waals surface area contributed by atoms with Crippen molar-refractivity contribution < 1.29 is 13.9 Å². The molecule has 2 aromatic carbocycles. The van der Waals surface area contributed by atoms with Gasteiger partial charge in [-0.15, -0.1) is 0 Å². The molecule has 0 unspecified atom stereocenters. The molecule has 0 fully saturated rings. The number of carbonyl (C=O) groups is 1. The van der Waals surface area contributed by atoms with E-state index in [9.17, 15) is 9.18 Å². The van der Waals surface area contributed by atoms with E-state index in [0.29, 0.717) is 11.4 Å². The molecular weight excluding hydrogens is 371 g/mol. The molecule has 1 amide bonds. The first-order valence-electron chi connectivity index (χ1n) is 8.86. The molecule has 0 spiro atoms. The lowest BCUT2D eigenvalue weighted by Gasteiger charge is -2.08. The van der Waals surface area contributed by atoms with Gasteiger partial charge in [0.1, 0.15) is 11.6 Å². The standard InChI is InChI=1S/C22H17FN4O2/c1-29-17-10-8-16(9-11-17)27-21(15-5-4-12-24-14-15)13-20(26-27)22(28)25-19-7-3-2-6-18(19)23/h2-14H,1H3,(H,25,28). The number of halogens is 1. The summed E-state index contributed by atoms with van der Waals surface area (Å²) >= 11 is 0. The molecule has 144 valence electrons. The Hall–Kier alpha value is -4.00. The first kappa shape index (κ1) is 18.4. The summed E-state index contributed by atoms with van der Waals surface area (Å²) in [4.78, 5) is 16.9. The number of amides is 1. The molecule has 7 heteroatoms. The van der Waals surface area contributed by atoms with E-state index < -0.39 is 11.7 Å². The van der Waals surface area contributed by atoms with Crippen molar-refractivity contribution in [1.29, 1.82) is 0 Å². The Morgan fingerprint density at radius 2 is 1.86 bits per heavy atom. The van der Waals surface area contributed by atoms with Gasteiger partial charge in [0.15, 0.2) is 5.69 Å². The predicted molar refractivity (Wildman–Crippen MR) is 108 cm³/mol. The summed E-state index contributed by atoms with van der Waals surface area (Å²) < 4.78 is 20.7. The fraction of sp³-hybridized carbons (Fsp3) is 0.0455. The zero-order valence-corrected chi connectivity index (χ0v) is 15.5. The second-order valence-electron chi connectivity index (χ2n) is 6.20. The number of ether oxygens (including phenoxy) is 1. The molecule has 29 heavy (non-hydrogen) atoms. The number of pyridine rings is 1. The molecular formula is C22H17FN4O2. The third-order valence-corrected chi connectivity index (χ3v) is 4.34. The number of aromatic nitrogens is 3. The van der Waals surface area contributed by atoms with Crippen molar-refractivity contribution in [1.82, 2.24) is 14.8 Å². The van der Waals surface area contributed by atoms with Crippen LogP contribution in [0.2, 0.25) is 0 Å². The number of para-hydroxylation sites is 1. The van der Waals surface area contributed by atoms with Crippen LogP contribution in [0.25, 0.3) is 16.9 Å². The Labute approximate surface area is 166 Å². The van der Waals surface area contributed by atoms with Crippen LogP contribution in [0.5, 0.6) is 5.75 Å². The SMILES string of the molecule is COc1ccc(-n2nc(C(=O)Nc3ccccc3F)cc2-c2cccnc2)cc1. The number of methoxy groups -OCH3 is 1. The summed E-state index contributed by atoms with van der Waals surface area (Å²) in [7, 11) is 1.59. The van der Waals surface area contributed by atoms with Crippen LogP contribution in [0.4, 0.5) is 10.1 Å². The molecule has 0 saturated heterocycles. The van der Waals surface area contributed by atoms with Crippen molar-refractivity contribution in [2.75, 3.05) is 12.4 Å². The molecule has 4 rings (SSSR count). The maximum atomic E-state index is 13.9. The maximum absolute atomic E-state index is 13.9. The van der Waals surface area contributed by atoms with Crippen LogP contribution in [-0.2, 0) is 0 Å². The fourth-order valence-electron chi connectivity index (χ4n) is 2.88. The molecule has 0 atom stereocenters. The van der Waals surface area contributed by atoms with Crippen molar-refractivity contribution in [3.05, 3.63) is 90.6 Å². The van der Waals surface area contributed by atoms with Crippen LogP contribution < -0.4 is 10.1 Å². The van der Waals surface area contributed by atoms with Crippen molar-refractivity contribution in [3.63, 3.8) is 0 Å². The van der Waals surface area contributed by atoms with Gasteiger partial charge in [-0.3, -0.25) is 9.78 Å². The number of hydrogen-bond donors (Lipinski definition) is 1. The van der Waals surface area contributed by atoms with Crippen molar-refractivity contribution in [2.45, 2.75) is 0 Å². The first-order chi connectivity index (χ1) is 14.2. The summed E-state index contributed by atoms with van der Waals surface area (Å²) in [6, 6.07) is 18.6. The van der Waals surface area contributed by atoms with Crippen LogP contribution in [0.3, 0.4) is 0 Å². The molecule has 0 radical (unpaired) electrons. The Bertz CT molecular complexity index is 1140. The van der Waals surface area contributed by atoms with Gasteiger partial charge in [-0.05, 0) is 54.6 Å². The fourth-order valence-corrected chi connectivity index (χ4v) is 2.88. The molecule has 2 aromatic heterocycles. The minimum absolute atomic E-state index is 0.0967. The van der Waals surface area contributed by atoms with Gasteiger partial charge < -0.3 is 10.1 Å². The monoisotopic (exact) mass is 388 g/mol. The van der Waals surface area contributed by atoms with Gasteiger partial charge >= 0.3 is 0 Å². The molecule has 2 heterocycles. The molecule has 6 nitrogen and oxygen atoms in total. The Kier molecular flexibility index (Phi) is 5.03. The summed E-state index contributed by atoms with van der Waals surface area (Å²) in [5.74, 6) is -0.309. The van der Waals surface area contributed by atoms with E-state index in [1.54, 1.807) is 48.5 Å². The summed E-state index contributed by atoms with van der Waals surface area (Å²) in [6.45, 7) is 0. The number of carbonyl (C=O) groups excluding carboxylic acids is 1. The van der Waals surface area contributed by atoms with E-state index in [2.05, 4.69) is 15.4 Å². The topological polar surface area (TPSA) is 69.0 Å². The van der Waals surface area contributed by atoms with E-state index >= 15 is 0 Å². The van der Waals surface area contributed by atoms with Crippen molar-refractivity contribution >= 4 is 11.6 Å². The van der Waals surface area contributed by atoms with E-state index in [0.717, 1.165) is 11.3 Å². The molecule has 0 aliphatic rings. The minimum atomic E-state index is -0.511. The number of benzene rings is 2. The van der Waals surface area contributed by atoms with Crippen LogP contribution in [-0.4, -0.2) is 27.8 Å². The zero-order chi connectivity index (χ0) is 20.2. The number of nitrogens with one attached hydrogen (secondary N) is 1. The molecule has 1 N–H and O–H groups in total. The van der Waals surface area contributed by atoms with Gasteiger partial charge in [0.2, 0.25) is 0 Å². The van der Waals surface area contributed by atoms with Crippen LogP contribution in [0.15, 0.2) is 79.1 Å². The van der Waals surface area contributed by atoms with Gasteiger partial charge in [-0.1, -0.05) is 12.1 Å². The van der Waals surface area contributed by atoms with E-state index in [1.807, 2.05) is 30.3 Å². The maximum Gasteiger partial charge on any atom is 0.276 e. The van der Waals surface area contributed by atoms with Crippen LogP contribution >= 0.6 is 0 Å². The van der Waals surface area contributed by atoms with Crippen LogP contribution in [0, 0.1) is 5.82 Å². The second-order valence-corrected chi connectivity index (χ2v) is 6.20. The van der Waals surface area contributed by atoms with Gasteiger partial charge in [-0.2, -0.15) is 5.10 Å². The lowest BCUT2D eigenvalue weighted by atomic mass is 10.2. The highest BCUT2D eigenvalue weighted by atomic mass is 19.1. The highest BCUT2D eigenvalue weighted by Gasteiger charge is 2.18. The Balaban J connectivity index is 1.75. The Morgan fingerprint density at radius 1 is 1.07 bits per heavy atom. The van der Waals surface area contributed by atoms with Crippen LogP contribution in [0.1, 0.15) is 10.5 Å². The first-order valence-corrected chi connectivity index (χ1v) is 8.86. The smallest absolute Gasteiger partial charge is 0.276 e. The molecule has 0 aliphatic heterocycles. The van der Waals surface area contributed by atoms with Crippen molar-refractivity contribution in [3.8, 4) is 22.7 Å². The largest absolute Gasteiger partial charge is 0.497 e. The van der Waals surface area contributed by atoms with Gasteiger partial charge in [0.25, 0.3) is 5.91 Å². The summed E-state index contributed by atoms with van der Waals surface area (Å²) in [5, 5.41) is 7.01.